The molecule has 0 radical (unpaired) electrons. The fourth-order valence-corrected chi connectivity index (χ4v) is 8.00. The first-order valence-electron chi connectivity index (χ1n) is 16.3. The third-order valence-corrected chi connectivity index (χ3v) is 11.3. The van der Waals surface area contributed by atoms with Crippen LogP contribution in [0.1, 0.15) is 54.4 Å². The highest BCUT2D eigenvalue weighted by molar-refractivity contribution is 7.92. The van der Waals surface area contributed by atoms with Gasteiger partial charge in [-0.2, -0.15) is 0 Å². The zero-order valence-corrected chi connectivity index (χ0v) is 29.6. The molecule has 0 heterocycles. The molecule has 1 N–H and O–H groups in total. The summed E-state index contributed by atoms with van der Waals surface area (Å²) < 4.78 is 29.8. The topological polar surface area (TPSA) is 86.8 Å². The molecule has 1 aliphatic rings. The Labute approximate surface area is 293 Å². The zero-order valence-electron chi connectivity index (χ0n) is 27.2. The minimum atomic E-state index is -4.24. The quantitative estimate of drug-likeness (QED) is 0.162. The molecule has 0 spiro atoms. The molecule has 1 saturated carbocycles. The number of aryl methyl sites for hydroxylation is 1. The number of benzene rings is 4. The third-order valence-electron chi connectivity index (χ3n) is 8.86. The van der Waals surface area contributed by atoms with Crippen molar-refractivity contribution in [2.75, 3.05) is 10.8 Å². The van der Waals surface area contributed by atoms with Crippen molar-refractivity contribution in [2.24, 2.45) is 0 Å². The molecule has 7 nitrogen and oxygen atoms in total. The van der Waals surface area contributed by atoms with Crippen LogP contribution in [0.3, 0.4) is 0 Å². The van der Waals surface area contributed by atoms with Gasteiger partial charge < -0.3 is 10.2 Å². The molecule has 2 amide bonds. The molecular weight excluding hydrogens is 665 g/mol. The maximum absolute atomic E-state index is 14.7. The van der Waals surface area contributed by atoms with E-state index < -0.39 is 28.5 Å². The zero-order chi connectivity index (χ0) is 34.3. The van der Waals surface area contributed by atoms with Crippen molar-refractivity contribution in [3.63, 3.8) is 0 Å². The summed E-state index contributed by atoms with van der Waals surface area (Å²) in [6, 6.07) is 27.2. The van der Waals surface area contributed by atoms with Crippen LogP contribution in [0, 0.1) is 13.8 Å². The lowest BCUT2D eigenvalue weighted by molar-refractivity contribution is -0.140. The lowest BCUT2D eigenvalue weighted by atomic mass is 9.94. The molecule has 4 aromatic rings. The number of anilines is 1. The summed E-state index contributed by atoms with van der Waals surface area (Å²) in [5, 5.41) is 4.09. The van der Waals surface area contributed by atoms with Gasteiger partial charge in [0.15, 0.2) is 0 Å². The van der Waals surface area contributed by atoms with E-state index in [0.29, 0.717) is 21.2 Å². The van der Waals surface area contributed by atoms with Crippen molar-refractivity contribution in [1.82, 2.24) is 10.2 Å². The highest BCUT2D eigenvalue weighted by atomic mass is 35.5. The first-order chi connectivity index (χ1) is 23.0. The van der Waals surface area contributed by atoms with Gasteiger partial charge >= 0.3 is 0 Å². The van der Waals surface area contributed by atoms with Gasteiger partial charge in [-0.25, -0.2) is 8.42 Å². The molecule has 0 bridgehead atoms. The Bertz CT molecular complexity index is 1830. The second-order valence-corrected chi connectivity index (χ2v) is 15.1. The number of sulfonamides is 1. The van der Waals surface area contributed by atoms with Crippen molar-refractivity contribution < 1.29 is 18.0 Å². The molecule has 48 heavy (non-hydrogen) atoms. The van der Waals surface area contributed by atoms with Crippen LogP contribution in [0.2, 0.25) is 10.0 Å². The van der Waals surface area contributed by atoms with E-state index in [1.54, 1.807) is 55.5 Å². The van der Waals surface area contributed by atoms with Crippen molar-refractivity contribution in [2.45, 2.75) is 75.9 Å². The molecular formula is C38H41Cl2N3O4S. The molecule has 1 aliphatic carbocycles. The Morgan fingerprint density at radius 1 is 0.833 bits per heavy atom. The first kappa shape index (κ1) is 35.5. The van der Waals surface area contributed by atoms with E-state index >= 15 is 0 Å². The van der Waals surface area contributed by atoms with Crippen molar-refractivity contribution in [1.29, 1.82) is 0 Å². The molecule has 1 unspecified atom stereocenters. The minimum Gasteiger partial charge on any atom is -0.352 e. The summed E-state index contributed by atoms with van der Waals surface area (Å²) in [7, 11) is -4.24. The Morgan fingerprint density at radius 3 is 2.19 bits per heavy atom. The maximum Gasteiger partial charge on any atom is 0.264 e. The summed E-state index contributed by atoms with van der Waals surface area (Å²) in [6.07, 6.45) is 5.19. The predicted octanol–water partition coefficient (Wildman–Crippen LogP) is 7.89. The molecule has 0 aromatic heterocycles. The standard InChI is InChI=1S/C38H41Cl2N3O4S/c1-27-19-21-33(22-20-27)48(46,47)43(35-18-10-17-34(40)28(35)2)26-37(44)42(25-30-13-9-14-31(39)23-30)36(24-29-11-5-3-6-12-29)38(45)41-32-15-7-4-8-16-32/h3,5-6,9-14,17-23,32,36H,4,7-8,15-16,24-26H2,1-2H3,(H,41,45). The van der Waals surface area contributed by atoms with Gasteiger partial charge in [-0.1, -0.05) is 109 Å². The van der Waals surface area contributed by atoms with Gasteiger partial charge in [0.1, 0.15) is 12.6 Å². The maximum atomic E-state index is 14.7. The Kier molecular flexibility index (Phi) is 11.8. The molecule has 10 heteroatoms. The lowest BCUT2D eigenvalue weighted by Crippen LogP contribution is -2.55. The van der Waals surface area contributed by atoms with Crippen LogP contribution in [-0.2, 0) is 32.6 Å². The van der Waals surface area contributed by atoms with Crippen LogP contribution < -0.4 is 9.62 Å². The number of halogens is 2. The van der Waals surface area contributed by atoms with Crippen LogP contribution in [0.25, 0.3) is 0 Å². The molecule has 1 fully saturated rings. The Balaban J connectivity index is 1.59. The highest BCUT2D eigenvalue weighted by Crippen LogP contribution is 2.32. The van der Waals surface area contributed by atoms with Crippen molar-refractivity contribution >= 4 is 50.7 Å². The number of nitrogens with one attached hydrogen (secondary N) is 1. The van der Waals surface area contributed by atoms with Crippen molar-refractivity contribution in [3.05, 3.63) is 129 Å². The van der Waals surface area contributed by atoms with Gasteiger partial charge in [0, 0.05) is 29.1 Å². The van der Waals surface area contributed by atoms with E-state index in [9.17, 15) is 18.0 Å². The fraction of sp³-hybridized carbons (Fsp3) is 0.316. The van der Waals surface area contributed by atoms with Gasteiger partial charge in [0.2, 0.25) is 11.8 Å². The van der Waals surface area contributed by atoms with E-state index in [4.69, 9.17) is 23.2 Å². The number of rotatable bonds is 12. The molecule has 1 atom stereocenters. The van der Waals surface area contributed by atoms with Crippen LogP contribution in [0.5, 0.6) is 0 Å². The smallest absolute Gasteiger partial charge is 0.264 e. The SMILES string of the molecule is Cc1ccc(S(=O)(=O)N(CC(=O)N(Cc2cccc(Cl)c2)C(Cc2ccccc2)C(=O)NC2CCCCC2)c2cccc(Cl)c2C)cc1. The minimum absolute atomic E-state index is 0.0140. The van der Waals surface area contributed by atoms with Gasteiger partial charge in [-0.15, -0.1) is 0 Å². The van der Waals surface area contributed by atoms with Gasteiger partial charge in [0.25, 0.3) is 10.0 Å². The number of hydrogen-bond donors (Lipinski definition) is 1. The number of hydrogen-bond acceptors (Lipinski definition) is 4. The summed E-state index contributed by atoms with van der Waals surface area (Å²) in [4.78, 5) is 30.5. The number of carbonyl (C=O) groups excluding carboxylic acids is 2. The number of amides is 2. The largest absolute Gasteiger partial charge is 0.352 e. The van der Waals surface area contributed by atoms with Gasteiger partial charge in [0.05, 0.1) is 10.6 Å². The average Bonchev–Trinajstić information content (AvgIpc) is 3.07. The lowest BCUT2D eigenvalue weighted by Gasteiger charge is -2.35. The Hall–Kier alpha value is -3.85. The van der Waals surface area contributed by atoms with E-state index in [1.807, 2.05) is 43.3 Å². The highest BCUT2D eigenvalue weighted by Gasteiger charge is 2.36. The number of carbonyl (C=O) groups is 2. The molecule has 5 rings (SSSR count). The van der Waals surface area contributed by atoms with E-state index in [0.717, 1.165) is 47.5 Å². The van der Waals surface area contributed by atoms with Crippen molar-refractivity contribution in [3.8, 4) is 0 Å². The molecule has 4 aromatic carbocycles. The molecule has 0 saturated heterocycles. The van der Waals surface area contributed by atoms with E-state index in [2.05, 4.69) is 5.32 Å². The van der Waals surface area contributed by atoms with E-state index in [1.165, 1.54) is 17.0 Å². The van der Waals surface area contributed by atoms with Crippen LogP contribution in [0.15, 0.2) is 102 Å². The fourth-order valence-electron chi connectivity index (χ4n) is 6.15. The average molecular weight is 707 g/mol. The van der Waals surface area contributed by atoms with Crippen LogP contribution >= 0.6 is 23.2 Å². The monoisotopic (exact) mass is 705 g/mol. The predicted molar refractivity (Wildman–Crippen MR) is 193 cm³/mol. The summed E-state index contributed by atoms with van der Waals surface area (Å²) in [5.74, 6) is -0.808. The van der Waals surface area contributed by atoms with Gasteiger partial charge in [-0.3, -0.25) is 13.9 Å². The normalized spacial score (nSPS) is 14.2. The summed E-state index contributed by atoms with van der Waals surface area (Å²) >= 11 is 12.8. The molecule has 252 valence electrons. The second-order valence-electron chi connectivity index (χ2n) is 12.4. The van der Waals surface area contributed by atoms with E-state index in [-0.39, 0.29) is 35.5 Å². The van der Waals surface area contributed by atoms with Crippen LogP contribution in [0.4, 0.5) is 5.69 Å². The Morgan fingerprint density at radius 2 is 1.50 bits per heavy atom. The molecule has 0 aliphatic heterocycles. The third kappa shape index (κ3) is 8.78. The first-order valence-corrected chi connectivity index (χ1v) is 18.5. The second kappa shape index (κ2) is 16.0. The summed E-state index contributed by atoms with van der Waals surface area (Å²) in [6.45, 7) is 3.08. The number of nitrogens with zero attached hydrogens (tertiary/aromatic N) is 2. The van der Waals surface area contributed by atoms with Crippen LogP contribution in [-0.4, -0.2) is 43.8 Å². The summed E-state index contributed by atoms with van der Waals surface area (Å²) in [5.41, 5.74) is 3.28. The van der Waals surface area contributed by atoms with Gasteiger partial charge in [-0.05, 0) is 79.8 Å².